The van der Waals surface area contributed by atoms with Crippen LogP contribution in [0.15, 0.2) is 47.8 Å². The summed E-state index contributed by atoms with van der Waals surface area (Å²) in [5.74, 6) is -0.844. The number of carbonyl (C=O) groups is 1. The molecule has 0 unspecified atom stereocenters. The number of aliphatic carboxylic acids is 1. The van der Waals surface area contributed by atoms with Crippen LogP contribution in [-0.2, 0) is 28.8 Å². The molecule has 144 valence electrons. The predicted molar refractivity (Wildman–Crippen MR) is 90.4 cm³/mol. The quantitative estimate of drug-likeness (QED) is 0.528. The Bertz CT molecular complexity index is 760. The van der Waals surface area contributed by atoms with Crippen molar-refractivity contribution in [3.63, 3.8) is 0 Å². The van der Waals surface area contributed by atoms with Gasteiger partial charge in [-0.3, -0.25) is 0 Å². The van der Waals surface area contributed by atoms with Crippen LogP contribution in [0.5, 0.6) is 5.88 Å². The normalized spacial score (nSPS) is 11.5. The monoisotopic (exact) mass is 382 g/mol. The number of oxime groups is 1. The maximum absolute atomic E-state index is 12.5. The molecule has 0 saturated carbocycles. The SMILES string of the molecule is O=C(O)COc1ccc(CCC=NOCc2ccc(C(F)(F)F)cc2)cn1. The fourth-order valence-electron chi connectivity index (χ4n) is 2.02. The molecule has 0 aliphatic rings. The number of halogens is 3. The lowest BCUT2D eigenvalue weighted by Crippen LogP contribution is -2.10. The Morgan fingerprint density at radius 2 is 1.85 bits per heavy atom. The number of rotatable bonds is 9. The molecule has 2 rings (SSSR count). The molecule has 1 aromatic carbocycles. The second kappa shape index (κ2) is 9.56. The zero-order valence-electron chi connectivity index (χ0n) is 14.1. The minimum Gasteiger partial charge on any atom is -0.479 e. The van der Waals surface area contributed by atoms with Crippen LogP contribution >= 0.6 is 0 Å². The van der Waals surface area contributed by atoms with Crippen LogP contribution in [0.25, 0.3) is 0 Å². The van der Waals surface area contributed by atoms with Crippen LogP contribution in [0.2, 0.25) is 0 Å². The zero-order valence-corrected chi connectivity index (χ0v) is 14.1. The first-order valence-corrected chi connectivity index (χ1v) is 7.94. The Morgan fingerprint density at radius 1 is 1.15 bits per heavy atom. The Kier molecular flexibility index (Phi) is 7.16. The van der Waals surface area contributed by atoms with E-state index in [0.29, 0.717) is 18.4 Å². The molecule has 0 bridgehead atoms. The van der Waals surface area contributed by atoms with Crippen LogP contribution in [-0.4, -0.2) is 28.9 Å². The van der Waals surface area contributed by atoms with E-state index in [4.69, 9.17) is 14.7 Å². The van der Waals surface area contributed by atoms with E-state index in [9.17, 15) is 18.0 Å². The molecule has 0 aliphatic carbocycles. The number of alkyl halides is 3. The topological polar surface area (TPSA) is 81.0 Å². The molecule has 1 aromatic heterocycles. The lowest BCUT2D eigenvalue weighted by Gasteiger charge is -2.07. The Morgan fingerprint density at radius 3 is 2.44 bits per heavy atom. The average Bonchev–Trinajstić information content (AvgIpc) is 2.63. The number of carboxylic acids is 1. The molecule has 0 atom stereocenters. The van der Waals surface area contributed by atoms with Crippen molar-refractivity contribution in [1.29, 1.82) is 0 Å². The summed E-state index contributed by atoms with van der Waals surface area (Å²) in [5.41, 5.74) is 0.788. The van der Waals surface area contributed by atoms with Gasteiger partial charge in [0.2, 0.25) is 5.88 Å². The summed E-state index contributed by atoms with van der Waals surface area (Å²) < 4.78 is 42.3. The number of aromatic nitrogens is 1. The van der Waals surface area contributed by atoms with Crippen molar-refractivity contribution in [3.05, 3.63) is 59.3 Å². The smallest absolute Gasteiger partial charge is 0.416 e. The van der Waals surface area contributed by atoms with E-state index in [2.05, 4.69) is 10.1 Å². The molecule has 9 heteroatoms. The van der Waals surface area contributed by atoms with Gasteiger partial charge in [-0.2, -0.15) is 13.2 Å². The van der Waals surface area contributed by atoms with E-state index >= 15 is 0 Å². The molecule has 0 aliphatic heterocycles. The van der Waals surface area contributed by atoms with Crippen LogP contribution < -0.4 is 4.74 Å². The van der Waals surface area contributed by atoms with Crippen molar-refractivity contribution in [2.45, 2.75) is 25.6 Å². The number of nitrogens with zero attached hydrogens (tertiary/aromatic N) is 2. The third-order valence-electron chi connectivity index (χ3n) is 3.36. The Labute approximate surface area is 153 Å². The highest BCUT2D eigenvalue weighted by Gasteiger charge is 2.29. The minimum atomic E-state index is -4.35. The van der Waals surface area contributed by atoms with Crippen molar-refractivity contribution in [3.8, 4) is 5.88 Å². The van der Waals surface area contributed by atoms with Gasteiger partial charge in [-0.25, -0.2) is 9.78 Å². The molecular formula is C18H17F3N2O4. The molecule has 1 heterocycles. The van der Waals surface area contributed by atoms with Gasteiger partial charge in [0.25, 0.3) is 0 Å². The minimum absolute atomic E-state index is 0.0752. The van der Waals surface area contributed by atoms with Gasteiger partial charge in [-0.15, -0.1) is 0 Å². The number of benzene rings is 1. The van der Waals surface area contributed by atoms with Gasteiger partial charge in [0.1, 0.15) is 6.61 Å². The van der Waals surface area contributed by atoms with Crippen LogP contribution in [0.3, 0.4) is 0 Å². The zero-order chi connectivity index (χ0) is 19.7. The molecule has 0 radical (unpaired) electrons. The third kappa shape index (κ3) is 7.35. The third-order valence-corrected chi connectivity index (χ3v) is 3.36. The first-order valence-electron chi connectivity index (χ1n) is 7.94. The summed E-state index contributed by atoms with van der Waals surface area (Å²) in [7, 11) is 0. The molecule has 1 N–H and O–H groups in total. The largest absolute Gasteiger partial charge is 0.479 e. The molecule has 27 heavy (non-hydrogen) atoms. The summed E-state index contributed by atoms with van der Waals surface area (Å²) in [6, 6.07) is 8.03. The highest BCUT2D eigenvalue weighted by Crippen LogP contribution is 2.29. The average molecular weight is 382 g/mol. The van der Waals surface area contributed by atoms with Crippen molar-refractivity contribution in [1.82, 2.24) is 4.98 Å². The fourth-order valence-corrected chi connectivity index (χ4v) is 2.02. The summed E-state index contributed by atoms with van der Waals surface area (Å²) in [5, 5.41) is 12.3. The second-order valence-corrected chi connectivity index (χ2v) is 5.48. The maximum atomic E-state index is 12.5. The van der Waals surface area contributed by atoms with Gasteiger partial charge in [0.05, 0.1) is 5.56 Å². The molecule has 0 saturated heterocycles. The number of hydrogen-bond donors (Lipinski definition) is 1. The van der Waals surface area contributed by atoms with E-state index < -0.39 is 24.3 Å². The van der Waals surface area contributed by atoms with E-state index in [0.717, 1.165) is 17.7 Å². The van der Waals surface area contributed by atoms with Crippen LogP contribution in [0, 0.1) is 0 Å². The van der Waals surface area contributed by atoms with Gasteiger partial charge in [0, 0.05) is 18.5 Å². The summed E-state index contributed by atoms with van der Waals surface area (Å²) in [6.45, 7) is -0.374. The van der Waals surface area contributed by atoms with Crippen molar-refractivity contribution < 1.29 is 32.6 Å². The molecular weight excluding hydrogens is 365 g/mol. The first kappa shape index (κ1) is 20.2. The van der Waals surface area contributed by atoms with Crippen LogP contribution in [0.4, 0.5) is 13.2 Å². The maximum Gasteiger partial charge on any atom is 0.416 e. The Balaban J connectivity index is 1.68. The summed E-state index contributed by atoms with van der Waals surface area (Å²) in [6.07, 6.45) is -0.0106. The number of hydrogen-bond acceptors (Lipinski definition) is 5. The van der Waals surface area contributed by atoms with E-state index in [1.54, 1.807) is 24.5 Å². The van der Waals surface area contributed by atoms with Gasteiger partial charge in [-0.05, 0) is 36.1 Å². The van der Waals surface area contributed by atoms with Crippen molar-refractivity contribution >= 4 is 12.2 Å². The first-order chi connectivity index (χ1) is 12.8. The molecule has 0 amide bonds. The molecule has 6 nitrogen and oxygen atoms in total. The van der Waals surface area contributed by atoms with E-state index in [1.807, 2.05) is 0 Å². The van der Waals surface area contributed by atoms with E-state index in [-0.39, 0.29) is 12.5 Å². The van der Waals surface area contributed by atoms with E-state index in [1.165, 1.54) is 12.1 Å². The lowest BCUT2D eigenvalue weighted by molar-refractivity contribution is -0.139. The van der Waals surface area contributed by atoms with Gasteiger partial charge < -0.3 is 14.7 Å². The van der Waals surface area contributed by atoms with Gasteiger partial charge in [0.15, 0.2) is 6.61 Å². The standard InChI is InChI=1S/C18H17F3N2O4/c19-18(20,21)15-6-3-14(4-7-15)11-27-23-9-1-2-13-5-8-16(22-10-13)26-12-17(24)25/h3-10H,1-2,11-12H2,(H,24,25). The fraction of sp³-hybridized carbons (Fsp3) is 0.278. The molecule has 0 spiro atoms. The van der Waals surface area contributed by atoms with Gasteiger partial charge in [-0.1, -0.05) is 23.4 Å². The summed E-state index contributed by atoms with van der Waals surface area (Å²) in [4.78, 5) is 19.4. The number of ether oxygens (including phenoxy) is 1. The number of aryl methyl sites for hydroxylation is 1. The van der Waals surface area contributed by atoms with Crippen LogP contribution in [0.1, 0.15) is 23.1 Å². The molecule has 2 aromatic rings. The Hall–Kier alpha value is -3.10. The highest BCUT2D eigenvalue weighted by atomic mass is 19.4. The van der Waals surface area contributed by atoms with Crippen molar-refractivity contribution in [2.24, 2.45) is 5.16 Å². The van der Waals surface area contributed by atoms with Crippen molar-refractivity contribution in [2.75, 3.05) is 6.61 Å². The highest BCUT2D eigenvalue weighted by molar-refractivity contribution is 5.68. The number of pyridine rings is 1. The second-order valence-electron chi connectivity index (χ2n) is 5.48. The lowest BCUT2D eigenvalue weighted by atomic mass is 10.1. The van der Waals surface area contributed by atoms with Gasteiger partial charge >= 0.3 is 12.1 Å². The summed E-state index contributed by atoms with van der Waals surface area (Å²) >= 11 is 0. The predicted octanol–water partition coefficient (Wildman–Crippen LogP) is 3.70. The molecule has 0 fully saturated rings. The number of carboxylic acid groups (broad SMARTS) is 1.